The van der Waals surface area contributed by atoms with Crippen LogP contribution in [0.1, 0.15) is 35.8 Å². The smallest absolute Gasteiger partial charge is 0.196 e. The predicted octanol–water partition coefficient (Wildman–Crippen LogP) is 1.77. The predicted molar refractivity (Wildman–Crippen MR) is 125 cm³/mol. The van der Waals surface area contributed by atoms with Crippen molar-refractivity contribution in [3.8, 4) is 11.5 Å². The van der Waals surface area contributed by atoms with Crippen LogP contribution >= 0.6 is 0 Å². The van der Waals surface area contributed by atoms with Crippen LogP contribution < -0.4 is 15.9 Å². The lowest BCUT2D eigenvalue weighted by Crippen LogP contribution is -2.49. The average molecular weight is 472 g/mol. The Hall–Kier alpha value is -3.11. The number of benzene rings is 2. The first-order valence-corrected chi connectivity index (χ1v) is 11.1. The fourth-order valence-corrected chi connectivity index (χ4v) is 4.35. The van der Waals surface area contributed by atoms with Crippen LogP contribution in [0.15, 0.2) is 39.5 Å². The van der Waals surface area contributed by atoms with Crippen LogP contribution in [0.3, 0.4) is 0 Å². The molecule has 0 fully saturated rings. The molecule has 4 rings (SSSR count). The van der Waals surface area contributed by atoms with Gasteiger partial charge in [0, 0.05) is 29.8 Å². The van der Waals surface area contributed by atoms with E-state index in [2.05, 4.69) is 0 Å². The lowest BCUT2D eigenvalue weighted by molar-refractivity contribution is -0.0595. The third kappa shape index (κ3) is 4.60. The molecule has 0 spiro atoms. The van der Waals surface area contributed by atoms with Gasteiger partial charge in [-0.3, -0.25) is 4.79 Å². The highest BCUT2D eigenvalue weighted by Crippen LogP contribution is 2.43. The van der Waals surface area contributed by atoms with Crippen LogP contribution in [0, 0.1) is 0 Å². The lowest BCUT2D eigenvalue weighted by Gasteiger charge is -2.40. The van der Waals surface area contributed by atoms with Gasteiger partial charge in [-0.15, -0.1) is 0 Å². The number of anilines is 1. The molecular formula is C25H29NO8. The molecule has 34 heavy (non-hydrogen) atoms. The van der Waals surface area contributed by atoms with Crippen LogP contribution in [0.2, 0.25) is 0 Å². The van der Waals surface area contributed by atoms with Gasteiger partial charge in [0.2, 0.25) is 0 Å². The van der Waals surface area contributed by atoms with Crippen LogP contribution in [0.4, 0.5) is 5.69 Å². The van der Waals surface area contributed by atoms with Crippen molar-refractivity contribution in [1.29, 1.82) is 0 Å². The van der Waals surface area contributed by atoms with Gasteiger partial charge in [-0.25, -0.2) is 0 Å². The monoisotopic (exact) mass is 471 g/mol. The number of aliphatic hydroxyl groups excluding tert-OH is 3. The second kappa shape index (κ2) is 9.63. The lowest BCUT2D eigenvalue weighted by atomic mass is 9.84. The van der Waals surface area contributed by atoms with Gasteiger partial charge in [-0.1, -0.05) is 12.1 Å². The Labute approximate surface area is 196 Å². The van der Waals surface area contributed by atoms with E-state index in [1.807, 2.05) is 18.2 Å². The van der Waals surface area contributed by atoms with Gasteiger partial charge >= 0.3 is 0 Å². The standard InChI is InChI=1S/C25H29NO8/c1-25(6-4-14-2-3-18(26)15(8-14)5-7-32-13-28)22(30)10-17-20(34-25)11-21-23(24(17)31)19(29)9-16(12-27)33-21/h2-3,8-9,11,22,27-28,30-31H,4-7,10,12-13,26H2,1H3/t22-,25+/m1/s1. The highest BCUT2D eigenvalue weighted by Gasteiger charge is 2.41. The van der Waals surface area contributed by atoms with Crippen molar-refractivity contribution in [2.45, 2.75) is 50.9 Å². The summed E-state index contributed by atoms with van der Waals surface area (Å²) in [6.07, 6.45) is 0.833. The Morgan fingerprint density at radius 2 is 2.00 bits per heavy atom. The number of aryl methyl sites for hydroxylation is 1. The number of hydrogen-bond acceptors (Lipinski definition) is 9. The summed E-state index contributed by atoms with van der Waals surface area (Å²) >= 11 is 0. The van der Waals surface area contributed by atoms with Crippen LogP contribution in [0.25, 0.3) is 11.0 Å². The summed E-state index contributed by atoms with van der Waals surface area (Å²) in [5.41, 5.74) is 7.65. The Morgan fingerprint density at radius 3 is 2.74 bits per heavy atom. The molecule has 0 amide bonds. The zero-order valence-corrected chi connectivity index (χ0v) is 18.9. The number of nitrogen functional groups attached to an aromatic ring is 1. The van der Waals surface area contributed by atoms with Gasteiger partial charge in [-0.05, 0) is 43.4 Å². The number of fused-ring (bicyclic) bond motifs is 2. The largest absolute Gasteiger partial charge is 0.507 e. The molecule has 6 N–H and O–H groups in total. The molecule has 2 atom stereocenters. The van der Waals surface area contributed by atoms with Gasteiger partial charge in [0.1, 0.15) is 47.2 Å². The third-order valence-corrected chi connectivity index (χ3v) is 6.43. The molecule has 1 aliphatic heterocycles. The minimum Gasteiger partial charge on any atom is -0.507 e. The Bertz CT molecular complexity index is 1250. The van der Waals surface area contributed by atoms with Crippen molar-refractivity contribution in [2.75, 3.05) is 19.1 Å². The molecule has 0 bridgehead atoms. The molecular weight excluding hydrogens is 442 g/mol. The van der Waals surface area contributed by atoms with Crippen LogP contribution in [-0.2, 0) is 30.6 Å². The Balaban J connectivity index is 1.58. The van der Waals surface area contributed by atoms with Crippen molar-refractivity contribution < 1.29 is 34.3 Å². The van der Waals surface area contributed by atoms with Crippen LogP contribution in [0.5, 0.6) is 11.5 Å². The van der Waals surface area contributed by atoms with Gasteiger partial charge in [0.05, 0.1) is 12.7 Å². The zero-order chi connectivity index (χ0) is 24.5. The van der Waals surface area contributed by atoms with Gasteiger partial charge in [0.25, 0.3) is 0 Å². The number of aromatic hydroxyl groups is 1. The fraction of sp³-hybridized carbons (Fsp3) is 0.400. The molecule has 0 unspecified atom stereocenters. The topological polar surface area (TPSA) is 156 Å². The minimum atomic E-state index is -0.955. The maximum absolute atomic E-state index is 12.4. The van der Waals surface area contributed by atoms with E-state index in [0.29, 0.717) is 42.9 Å². The van der Waals surface area contributed by atoms with E-state index in [9.17, 15) is 20.1 Å². The zero-order valence-electron chi connectivity index (χ0n) is 18.9. The number of aliphatic hydroxyl groups is 3. The molecule has 2 heterocycles. The van der Waals surface area contributed by atoms with E-state index < -0.39 is 23.7 Å². The summed E-state index contributed by atoms with van der Waals surface area (Å²) < 4.78 is 16.7. The normalized spacial score (nSPS) is 19.7. The second-order valence-corrected chi connectivity index (χ2v) is 8.77. The molecule has 9 nitrogen and oxygen atoms in total. The Morgan fingerprint density at radius 1 is 1.21 bits per heavy atom. The van der Waals surface area contributed by atoms with E-state index in [0.717, 1.165) is 17.2 Å². The van der Waals surface area contributed by atoms with E-state index >= 15 is 0 Å². The number of hydrogen-bond donors (Lipinski definition) is 5. The van der Waals surface area contributed by atoms with Gasteiger partial charge in [0.15, 0.2) is 5.43 Å². The molecule has 1 aromatic heterocycles. The summed E-state index contributed by atoms with van der Waals surface area (Å²) in [7, 11) is 0. The number of rotatable bonds is 8. The molecule has 182 valence electrons. The third-order valence-electron chi connectivity index (χ3n) is 6.43. The quantitative estimate of drug-likeness (QED) is 0.188. The maximum Gasteiger partial charge on any atom is 0.196 e. The second-order valence-electron chi connectivity index (χ2n) is 8.77. The van der Waals surface area contributed by atoms with E-state index in [-0.39, 0.29) is 35.7 Å². The van der Waals surface area contributed by atoms with Crippen molar-refractivity contribution in [3.05, 3.63) is 63.0 Å². The molecule has 0 saturated heterocycles. The number of ether oxygens (including phenoxy) is 2. The first-order chi connectivity index (χ1) is 16.3. The molecule has 3 aromatic rings. The summed E-state index contributed by atoms with van der Waals surface area (Å²) in [5.74, 6) is 0.134. The number of phenols is 1. The summed E-state index contributed by atoms with van der Waals surface area (Å²) in [4.78, 5) is 12.4. The molecule has 2 aromatic carbocycles. The fourth-order valence-electron chi connectivity index (χ4n) is 4.35. The van der Waals surface area contributed by atoms with Crippen molar-refractivity contribution in [2.24, 2.45) is 0 Å². The first kappa shape index (κ1) is 24.0. The molecule has 1 aliphatic rings. The first-order valence-electron chi connectivity index (χ1n) is 11.1. The van der Waals surface area contributed by atoms with Gasteiger partial charge < -0.3 is 40.1 Å². The highest BCUT2D eigenvalue weighted by atomic mass is 16.6. The summed E-state index contributed by atoms with van der Waals surface area (Å²) in [5, 5.41) is 39.8. The van der Waals surface area contributed by atoms with Crippen molar-refractivity contribution >= 4 is 16.7 Å². The van der Waals surface area contributed by atoms with E-state index in [4.69, 9.17) is 24.7 Å². The molecule has 0 aliphatic carbocycles. The van der Waals surface area contributed by atoms with Crippen molar-refractivity contribution in [3.63, 3.8) is 0 Å². The number of nitrogens with two attached hydrogens (primary N) is 1. The maximum atomic E-state index is 12.4. The van der Waals surface area contributed by atoms with Crippen molar-refractivity contribution in [1.82, 2.24) is 0 Å². The van der Waals surface area contributed by atoms with Gasteiger partial charge in [-0.2, -0.15) is 0 Å². The Kier molecular flexibility index (Phi) is 6.81. The molecule has 9 heteroatoms. The molecule has 0 radical (unpaired) electrons. The number of phenolic OH excluding ortho intramolecular Hbond substituents is 1. The summed E-state index contributed by atoms with van der Waals surface area (Å²) in [6, 6.07) is 8.38. The molecule has 0 saturated carbocycles. The summed E-state index contributed by atoms with van der Waals surface area (Å²) in [6.45, 7) is 1.36. The highest BCUT2D eigenvalue weighted by molar-refractivity contribution is 5.87. The minimum absolute atomic E-state index is 0.00469. The van der Waals surface area contributed by atoms with Crippen LogP contribution in [-0.4, -0.2) is 45.5 Å². The average Bonchev–Trinajstić information content (AvgIpc) is 2.80. The SMILES string of the molecule is C[C@@]1(CCc2ccc(N)c(CCOCO)c2)Oc2cc3oc(CO)cc(=O)c3c(O)c2C[C@H]1O. The van der Waals surface area contributed by atoms with E-state index in [1.54, 1.807) is 6.92 Å². The van der Waals surface area contributed by atoms with E-state index in [1.165, 1.54) is 6.07 Å².